The van der Waals surface area contributed by atoms with Crippen molar-refractivity contribution >= 4 is 65.4 Å². The lowest BCUT2D eigenvalue weighted by Crippen LogP contribution is -1.98. The second-order valence-electron chi connectivity index (χ2n) is 14.9. The second-order valence-corrected chi connectivity index (χ2v) is 14.9. The molecule has 0 unspecified atom stereocenters. The van der Waals surface area contributed by atoms with Gasteiger partial charge < -0.3 is 13.7 Å². The van der Waals surface area contributed by atoms with Gasteiger partial charge in [0, 0.05) is 49.4 Å². The van der Waals surface area contributed by atoms with Gasteiger partial charge in [0.05, 0.1) is 33.1 Å². The fourth-order valence-electron chi connectivity index (χ4n) is 9.31. The first-order valence-corrected chi connectivity index (χ1v) is 19.6. The minimum absolute atomic E-state index is 1.14. The van der Waals surface area contributed by atoms with Crippen molar-refractivity contribution in [1.82, 2.24) is 13.7 Å². The number of fused-ring (bicyclic) bond motifs is 10. The molecule has 0 amide bonds. The van der Waals surface area contributed by atoms with Crippen molar-refractivity contribution in [3.63, 3.8) is 0 Å². The molecule has 0 aliphatic rings. The molecule has 57 heavy (non-hydrogen) atoms. The van der Waals surface area contributed by atoms with E-state index in [9.17, 15) is 0 Å². The average Bonchev–Trinajstić information content (AvgIpc) is 3.92. The summed E-state index contributed by atoms with van der Waals surface area (Å²) in [5.74, 6) is 0. The Morgan fingerprint density at radius 2 is 0.614 bits per heavy atom. The van der Waals surface area contributed by atoms with Gasteiger partial charge in [0.2, 0.25) is 0 Å². The standard InChI is InChI=1S/C54H35N3/c1-4-15-36(16-5-1)37-17-14-22-42(33-37)57-52-32-28-39(38-27-31-51-47(34-38)44-24-11-12-25-49(44)55(51)40-18-6-2-7-19-40)35-48(52)46-30-29-45-43-23-10-13-26-50(43)56(53(45)54(46)57)41-20-8-3-9-21-41/h1-35H. The first kappa shape index (κ1) is 31.7. The van der Waals surface area contributed by atoms with E-state index in [0.717, 1.165) is 11.4 Å². The van der Waals surface area contributed by atoms with Crippen LogP contribution < -0.4 is 0 Å². The van der Waals surface area contributed by atoms with E-state index in [2.05, 4.69) is 226 Å². The monoisotopic (exact) mass is 725 g/mol. The fourth-order valence-corrected chi connectivity index (χ4v) is 9.31. The molecule has 0 atom stereocenters. The maximum Gasteiger partial charge on any atom is 0.0788 e. The molecule has 0 aliphatic heterocycles. The molecule has 3 aromatic heterocycles. The van der Waals surface area contributed by atoms with Crippen molar-refractivity contribution in [1.29, 1.82) is 0 Å². The van der Waals surface area contributed by atoms with Crippen LogP contribution in [0.4, 0.5) is 0 Å². The third-order valence-corrected chi connectivity index (χ3v) is 11.8. The zero-order valence-corrected chi connectivity index (χ0v) is 31.0. The lowest BCUT2D eigenvalue weighted by Gasteiger charge is -2.13. The molecule has 0 spiro atoms. The predicted molar refractivity (Wildman–Crippen MR) is 240 cm³/mol. The number of rotatable bonds is 5. The molecule has 266 valence electrons. The summed E-state index contributed by atoms with van der Waals surface area (Å²) in [4.78, 5) is 0. The molecule has 3 nitrogen and oxygen atoms in total. The highest BCUT2D eigenvalue weighted by molar-refractivity contribution is 6.24. The number of para-hydroxylation sites is 4. The van der Waals surface area contributed by atoms with E-state index in [0.29, 0.717) is 0 Å². The van der Waals surface area contributed by atoms with Gasteiger partial charge in [-0.15, -0.1) is 0 Å². The van der Waals surface area contributed by atoms with E-state index in [-0.39, 0.29) is 0 Å². The van der Waals surface area contributed by atoms with E-state index < -0.39 is 0 Å². The Morgan fingerprint density at radius 1 is 0.211 bits per heavy atom. The molecular formula is C54H35N3. The quantitative estimate of drug-likeness (QED) is 0.168. The van der Waals surface area contributed by atoms with E-state index in [1.807, 2.05) is 0 Å². The van der Waals surface area contributed by atoms with Gasteiger partial charge >= 0.3 is 0 Å². The minimum Gasteiger partial charge on any atom is -0.309 e. The van der Waals surface area contributed by atoms with Crippen molar-refractivity contribution in [2.75, 3.05) is 0 Å². The van der Waals surface area contributed by atoms with Crippen molar-refractivity contribution in [3.05, 3.63) is 212 Å². The number of hydrogen-bond acceptors (Lipinski definition) is 0. The predicted octanol–water partition coefficient (Wildman–Crippen LogP) is 14.3. The fraction of sp³-hybridized carbons (Fsp3) is 0. The normalized spacial score (nSPS) is 11.9. The van der Waals surface area contributed by atoms with Crippen LogP contribution in [0.25, 0.3) is 105 Å². The van der Waals surface area contributed by atoms with Gasteiger partial charge in [-0.05, 0) is 95.1 Å². The Labute approximate surface area is 329 Å². The summed E-state index contributed by atoms with van der Waals surface area (Å²) >= 11 is 0. The molecule has 12 aromatic rings. The third-order valence-electron chi connectivity index (χ3n) is 11.8. The average molecular weight is 726 g/mol. The highest BCUT2D eigenvalue weighted by Gasteiger charge is 2.22. The van der Waals surface area contributed by atoms with Crippen LogP contribution in [0.1, 0.15) is 0 Å². The Morgan fingerprint density at radius 3 is 1.26 bits per heavy atom. The van der Waals surface area contributed by atoms with Gasteiger partial charge in [0.15, 0.2) is 0 Å². The van der Waals surface area contributed by atoms with Crippen molar-refractivity contribution in [3.8, 4) is 39.3 Å². The molecule has 0 saturated heterocycles. The molecule has 12 rings (SSSR count). The summed E-state index contributed by atoms with van der Waals surface area (Å²) in [6.07, 6.45) is 0. The van der Waals surface area contributed by atoms with Gasteiger partial charge in [0.1, 0.15) is 0 Å². The molecule has 9 aromatic carbocycles. The highest BCUT2D eigenvalue weighted by Crippen LogP contribution is 2.43. The molecular weight excluding hydrogens is 691 g/mol. The molecule has 0 bridgehead atoms. The first-order valence-electron chi connectivity index (χ1n) is 19.6. The summed E-state index contributed by atoms with van der Waals surface area (Å²) in [7, 11) is 0. The van der Waals surface area contributed by atoms with Gasteiger partial charge in [0.25, 0.3) is 0 Å². The Hall–Kier alpha value is -7.62. The van der Waals surface area contributed by atoms with Gasteiger partial charge in [-0.2, -0.15) is 0 Å². The van der Waals surface area contributed by atoms with Crippen LogP contribution in [-0.2, 0) is 0 Å². The summed E-state index contributed by atoms with van der Waals surface area (Å²) in [6, 6.07) is 77.4. The molecule has 3 heteroatoms. The lowest BCUT2D eigenvalue weighted by molar-refractivity contribution is 1.15. The third kappa shape index (κ3) is 4.79. The van der Waals surface area contributed by atoms with Crippen LogP contribution in [0, 0.1) is 0 Å². The number of aromatic nitrogens is 3. The Balaban J connectivity index is 1.16. The zero-order valence-electron chi connectivity index (χ0n) is 31.0. The molecule has 0 radical (unpaired) electrons. The van der Waals surface area contributed by atoms with Crippen LogP contribution in [0.15, 0.2) is 212 Å². The largest absolute Gasteiger partial charge is 0.309 e. The molecule has 3 heterocycles. The first-order chi connectivity index (χ1) is 28.3. The summed E-state index contributed by atoms with van der Waals surface area (Å²) in [6.45, 7) is 0. The second kappa shape index (κ2) is 12.5. The van der Waals surface area contributed by atoms with Crippen molar-refractivity contribution < 1.29 is 0 Å². The molecule has 0 saturated carbocycles. The van der Waals surface area contributed by atoms with Gasteiger partial charge in [-0.1, -0.05) is 140 Å². The van der Waals surface area contributed by atoms with Crippen LogP contribution >= 0.6 is 0 Å². The van der Waals surface area contributed by atoms with Gasteiger partial charge in [-0.3, -0.25) is 0 Å². The highest BCUT2D eigenvalue weighted by atomic mass is 15.0. The maximum absolute atomic E-state index is 2.50. The van der Waals surface area contributed by atoms with Crippen LogP contribution in [0.5, 0.6) is 0 Å². The van der Waals surface area contributed by atoms with Crippen LogP contribution in [0.3, 0.4) is 0 Å². The van der Waals surface area contributed by atoms with E-state index in [1.54, 1.807) is 0 Å². The number of nitrogens with zero attached hydrogens (tertiary/aromatic N) is 3. The van der Waals surface area contributed by atoms with E-state index in [1.165, 1.54) is 93.4 Å². The van der Waals surface area contributed by atoms with E-state index in [4.69, 9.17) is 0 Å². The SMILES string of the molecule is c1ccc(-c2cccc(-n3c4ccc(-c5ccc6c(c5)c5ccccc5n6-c5ccccc5)cc4c4ccc5c6ccccc6n(-c6ccccc6)c5c43)c2)cc1. The Kier molecular flexibility index (Phi) is 6.93. The van der Waals surface area contributed by atoms with Crippen LogP contribution in [-0.4, -0.2) is 13.7 Å². The van der Waals surface area contributed by atoms with Crippen LogP contribution in [0.2, 0.25) is 0 Å². The molecule has 0 aliphatic carbocycles. The minimum atomic E-state index is 1.14. The Bertz CT molecular complexity index is 3500. The summed E-state index contributed by atoms with van der Waals surface area (Å²) in [5.41, 5.74) is 15.4. The van der Waals surface area contributed by atoms with Gasteiger partial charge in [-0.25, -0.2) is 0 Å². The van der Waals surface area contributed by atoms with Crippen molar-refractivity contribution in [2.45, 2.75) is 0 Å². The lowest BCUT2D eigenvalue weighted by atomic mass is 10.00. The van der Waals surface area contributed by atoms with Crippen molar-refractivity contribution in [2.24, 2.45) is 0 Å². The number of benzene rings is 9. The maximum atomic E-state index is 2.50. The zero-order chi connectivity index (χ0) is 37.5. The molecule has 0 N–H and O–H groups in total. The topological polar surface area (TPSA) is 14.8 Å². The summed E-state index contributed by atoms with van der Waals surface area (Å²) < 4.78 is 7.34. The number of hydrogen-bond donors (Lipinski definition) is 0. The van der Waals surface area contributed by atoms with E-state index >= 15 is 0 Å². The molecule has 0 fully saturated rings. The smallest absolute Gasteiger partial charge is 0.0788 e. The summed E-state index contributed by atoms with van der Waals surface area (Å²) in [5, 5.41) is 7.45.